The minimum Gasteiger partial charge on any atom is -0.480 e. The fourth-order valence-electron chi connectivity index (χ4n) is 3.69. The Morgan fingerprint density at radius 1 is 1.17 bits per heavy atom. The van der Waals surface area contributed by atoms with Crippen molar-refractivity contribution >= 4 is 34.6 Å². The van der Waals surface area contributed by atoms with Crippen LogP contribution in [0.25, 0.3) is 11.0 Å². The van der Waals surface area contributed by atoms with Gasteiger partial charge in [0.25, 0.3) is 0 Å². The number of nitrogen functional groups attached to an aromatic ring is 1. The molecule has 1 aromatic heterocycles. The van der Waals surface area contributed by atoms with Gasteiger partial charge in [-0.1, -0.05) is 30.3 Å². The molecule has 1 saturated heterocycles. The quantitative estimate of drug-likeness (QED) is 0.371. The molecule has 4 rings (SSSR count). The van der Waals surface area contributed by atoms with Crippen LogP contribution in [0.4, 0.5) is 10.5 Å². The summed E-state index contributed by atoms with van der Waals surface area (Å²) < 4.78 is 9.97. The molecular formula is C25H27N3O7. The highest BCUT2D eigenvalue weighted by molar-refractivity contribution is 5.87. The molecule has 1 aliphatic rings. The lowest BCUT2D eigenvalue weighted by Crippen LogP contribution is -2.45. The number of carbonyl (C=O) groups excluding carboxylic acids is 2. The number of nitrogens with zero attached hydrogens (tertiary/aromatic N) is 1. The number of nitrogens with one attached hydrogen (secondary N) is 1. The molecule has 10 heteroatoms. The minimum absolute atomic E-state index is 0.113. The number of carboxylic acid groups (broad SMARTS) is 1. The van der Waals surface area contributed by atoms with Gasteiger partial charge in [0.15, 0.2) is 0 Å². The second kappa shape index (κ2) is 11.7. The molecule has 1 atom stereocenters. The molecule has 4 N–H and O–H groups in total. The van der Waals surface area contributed by atoms with E-state index in [9.17, 15) is 19.2 Å². The van der Waals surface area contributed by atoms with Gasteiger partial charge in [0, 0.05) is 29.8 Å². The third-order valence-corrected chi connectivity index (χ3v) is 5.43. The van der Waals surface area contributed by atoms with Crippen LogP contribution in [-0.2, 0) is 20.9 Å². The lowest BCUT2D eigenvalue weighted by atomic mass is 10.1. The molecule has 0 saturated carbocycles. The zero-order valence-electron chi connectivity index (χ0n) is 19.2. The molecule has 0 unspecified atom stereocenters. The third-order valence-electron chi connectivity index (χ3n) is 5.43. The maximum absolute atomic E-state index is 11.9. The number of alkyl carbamates (subject to hydrolysis) is 1. The first kappa shape index (κ1) is 25.3. The number of benzene rings is 2. The van der Waals surface area contributed by atoms with E-state index in [1.807, 2.05) is 43.3 Å². The second-order valence-corrected chi connectivity index (χ2v) is 8.00. The monoisotopic (exact) mass is 481 g/mol. The Morgan fingerprint density at radius 3 is 2.63 bits per heavy atom. The largest absolute Gasteiger partial charge is 0.480 e. The van der Waals surface area contributed by atoms with Crippen molar-refractivity contribution in [2.75, 3.05) is 18.8 Å². The number of carboxylic acids is 1. The molecule has 0 radical (unpaired) electrons. The molecule has 1 aliphatic heterocycles. The molecule has 0 bridgehead atoms. The summed E-state index contributed by atoms with van der Waals surface area (Å²) in [5.41, 5.74) is 8.12. The molecule has 2 aromatic carbocycles. The Labute approximate surface area is 201 Å². The topological polar surface area (TPSA) is 152 Å². The summed E-state index contributed by atoms with van der Waals surface area (Å²) in [6.07, 6.45) is 0.393. The molecule has 0 aliphatic carbocycles. The van der Waals surface area contributed by atoms with Crippen LogP contribution in [0.1, 0.15) is 24.0 Å². The van der Waals surface area contributed by atoms with Crippen LogP contribution >= 0.6 is 0 Å². The van der Waals surface area contributed by atoms with Gasteiger partial charge in [0.2, 0.25) is 5.91 Å². The molecule has 3 aromatic rings. The van der Waals surface area contributed by atoms with Crippen molar-refractivity contribution < 1.29 is 28.6 Å². The van der Waals surface area contributed by atoms with Gasteiger partial charge >= 0.3 is 17.7 Å². The van der Waals surface area contributed by atoms with Gasteiger partial charge in [-0.3, -0.25) is 4.79 Å². The first-order valence-electron chi connectivity index (χ1n) is 11.0. The van der Waals surface area contributed by atoms with Crippen LogP contribution in [0.15, 0.2) is 63.8 Å². The fraction of sp³-hybridized carbons (Fsp3) is 0.280. The maximum atomic E-state index is 11.9. The molecule has 0 spiro atoms. The zero-order valence-corrected chi connectivity index (χ0v) is 19.2. The third kappa shape index (κ3) is 7.07. The van der Waals surface area contributed by atoms with Crippen LogP contribution in [0.3, 0.4) is 0 Å². The summed E-state index contributed by atoms with van der Waals surface area (Å²) in [7, 11) is 0. The number of likely N-dealkylation sites (tertiary alicyclic amines) is 1. The number of aliphatic carboxylic acids is 1. The van der Waals surface area contributed by atoms with E-state index in [4.69, 9.17) is 20.0 Å². The summed E-state index contributed by atoms with van der Waals surface area (Å²) in [6.45, 7) is 2.12. The van der Waals surface area contributed by atoms with Crippen LogP contribution in [0.2, 0.25) is 0 Å². The minimum atomic E-state index is -1.02. The van der Waals surface area contributed by atoms with Crippen molar-refractivity contribution in [2.24, 2.45) is 0 Å². The first-order valence-corrected chi connectivity index (χ1v) is 11.0. The highest BCUT2D eigenvalue weighted by Gasteiger charge is 2.33. The number of nitrogens with two attached hydrogens (primary N) is 1. The lowest BCUT2D eigenvalue weighted by Gasteiger charge is -2.21. The number of aryl methyl sites for hydroxylation is 1. The lowest BCUT2D eigenvalue weighted by molar-refractivity contribution is -0.147. The number of ether oxygens (including phenoxy) is 1. The van der Waals surface area contributed by atoms with Gasteiger partial charge in [0.1, 0.15) is 24.8 Å². The summed E-state index contributed by atoms with van der Waals surface area (Å²) in [5, 5.41) is 12.3. The standard InChI is InChI=1S/C15H18N2O5.C10H9NO2/c18-13(17-8-4-7-12(17)14(19)20)9-16-15(21)22-10-11-5-2-1-3-6-11;1-6-4-10(12)13-9-5-7(11)2-3-8(6)9/h1-3,5-6,12H,4,7-10H2,(H,16,21)(H,19,20);2-5H,11H2,1H3/t12-;/m0./s1. The Hall–Kier alpha value is -4.34. The molecule has 1 fully saturated rings. The average Bonchev–Trinajstić information content (AvgIpc) is 3.32. The molecule has 2 heterocycles. The first-order chi connectivity index (χ1) is 16.7. The predicted molar refractivity (Wildman–Crippen MR) is 129 cm³/mol. The summed E-state index contributed by atoms with van der Waals surface area (Å²) in [5.74, 6) is -1.43. The Morgan fingerprint density at radius 2 is 1.91 bits per heavy atom. The number of carbonyl (C=O) groups is 3. The Balaban J connectivity index is 0.000000223. The number of fused-ring (bicyclic) bond motifs is 1. The molecule has 184 valence electrons. The van der Waals surface area contributed by atoms with Crippen LogP contribution in [0.5, 0.6) is 0 Å². The second-order valence-electron chi connectivity index (χ2n) is 8.00. The van der Waals surface area contributed by atoms with Gasteiger partial charge in [-0.05, 0) is 43.0 Å². The number of rotatable bonds is 5. The number of hydrogen-bond acceptors (Lipinski definition) is 7. The van der Waals surface area contributed by atoms with E-state index in [1.54, 1.807) is 12.1 Å². The van der Waals surface area contributed by atoms with Gasteiger partial charge in [0.05, 0.1) is 0 Å². The fourth-order valence-corrected chi connectivity index (χ4v) is 3.69. The van der Waals surface area contributed by atoms with Crippen molar-refractivity contribution in [3.63, 3.8) is 0 Å². The smallest absolute Gasteiger partial charge is 0.407 e. The van der Waals surface area contributed by atoms with E-state index < -0.39 is 24.0 Å². The van der Waals surface area contributed by atoms with Crippen molar-refractivity contribution in [3.8, 4) is 0 Å². The molecule has 2 amide bonds. The van der Waals surface area contributed by atoms with Crippen LogP contribution in [-0.4, -0.2) is 47.1 Å². The number of hydrogen-bond donors (Lipinski definition) is 3. The van der Waals surface area contributed by atoms with E-state index in [0.717, 1.165) is 16.5 Å². The Bertz CT molecular complexity index is 1260. The predicted octanol–water partition coefficient (Wildman–Crippen LogP) is 2.67. The SMILES string of the molecule is Cc1cc(=O)oc2cc(N)ccc12.O=C(NCC(=O)N1CCC[C@H]1C(=O)O)OCc1ccccc1. The molecular weight excluding hydrogens is 454 g/mol. The van der Waals surface area contributed by atoms with E-state index in [-0.39, 0.29) is 18.8 Å². The van der Waals surface area contributed by atoms with Gasteiger partial charge in [-0.2, -0.15) is 0 Å². The average molecular weight is 482 g/mol. The summed E-state index contributed by atoms with van der Waals surface area (Å²) in [6, 6.07) is 15.1. The maximum Gasteiger partial charge on any atom is 0.407 e. The molecule has 35 heavy (non-hydrogen) atoms. The van der Waals surface area contributed by atoms with Gasteiger partial charge in [-0.25, -0.2) is 14.4 Å². The van der Waals surface area contributed by atoms with Crippen molar-refractivity contribution in [3.05, 3.63) is 76.1 Å². The molecule has 10 nitrogen and oxygen atoms in total. The number of amides is 2. The van der Waals surface area contributed by atoms with Crippen molar-refractivity contribution in [1.29, 1.82) is 0 Å². The summed E-state index contributed by atoms with van der Waals surface area (Å²) >= 11 is 0. The van der Waals surface area contributed by atoms with Crippen LogP contribution in [0, 0.1) is 6.92 Å². The van der Waals surface area contributed by atoms with E-state index in [1.165, 1.54) is 11.0 Å². The highest BCUT2D eigenvalue weighted by Crippen LogP contribution is 2.19. The Kier molecular flexibility index (Phi) is 8.44. The normalized spacial score (nSPS) is 14.7. The van der Waals surface area contributed by atoms with Crippen LogP contribution < -0.4 is 16.7 Å². The van der Waals surface area contributed by atoms with Crippen molar-refractivity contribution in [1.82, 2.24) is 10.2 Å². The number of anilines is 1. The highest BCUT2D eigenvalue weighted by atomic mass is 16.5. The van der Waals surface area contributed by atoms with E-state index in [2.05, 4.69) is 5.32 Å². The van der Waals surface area contributed by atoms with Crippen molar-refractivity contribution in [2.45, 2.75) is 32.4 Å². The van der Waals surface area contributed by atoms with E-state index >= 15 is 0 Å². The zero-order chi connectivity index (χ0) is 25.4. The summed E-state index contributed by atoms with van der Waals surface area (Å²) in [4.78, 5) is 46.8. The van der Waals surface area contributed by atoms with Gasteiger partial charge < -0.3 is 30.2 Å². The van der Waals surface area contributed by atoms with E-state index in [0.29, 0.717) is 30.7 Å². The van der Waals surface area contributed by atoms with Gasteiger partial charge in [-0.15, -0.1) is 0 Å².